The summed E-state index contributed by atoms with van der Waals surface area (Å²) in [5.41, 5.74) is 0. The molecule has 0 aliphatic carbocycles. The first-order valence-electron chi connectivity index (χ1n) is 7.80. The van der Waals surface area contributed by atoms with Crippen LogP contribution in [0.25, 0.3) is 0 Å². The Labute approximate surface area is 125 Å². The number of benzene rings is 1. The summed E-state index contributed by atoms with van der Waals surface area (Å²) in [5, 5.41) is 1.93. The topological polar surface area (TPSA) is 0 Å². The highest BCUT2D eigenvalue weighted by Gasteiger charge is 2.40. The molecule has 0 nitrogen and oxygen atoms in total. The standard InChI is InChI=1S/C18H30FP/c1-7-13-17(3,4)20(18(5,6)14-8-2)16-11-9-15(19)10-12-16/h9-12H,7-8,13-14H2,1-6H3. The Balaban J connectivity index is 3.23. The van der Waals surface area contributed by atoms with Gasteiger partial charge in [0.1, 0.15) is 5.82 Å². The van der Waals surface area contributed by atoms with E-state index in [1.54, 1.807) is 12.1 Å². The van der Waals surface area contributed by atoms with Gasteiger partial charge in [0.2, 0.25) is 0 Å². The highest BCUT2D eigenvalue weighted by molar-refractivity contribution is 7.68. The lowest BCUT2D eigenvalue weighted by Crippen LogP contribution is -2.35. The maximum absolute atomic E-state index is 13.2. The van der Waals surface area contributed by atoms with Crippen molar-refractivity contribution in [1.82, 2.24) is 0 Å². The van der Waals surface area contributed by atoms with Crippen LogP contribution in [0.2, 0.25) is 0 Å². The summed E-state index contributed by atoms with van der Waals surface area (Å²) in [4.78, 5) is 0. The van der Waals surface area contributed by atoms with Gasteiger partial charge in [0.05, 0.1) is 0 Å². The zero-order valence-electron chi connectivity index (χ0n) is 14.0. The van der Waals surface area contributed by atoms with E-state index in [0.29, 0.717) is 10.3 Å². The molecule has 20 heavy (non-hydrogen) atoms. The van der Waals surface area contributed by atoms with Crippen molar-refractivity contribution in [3.8, 4) is 0 Å². The van der Waals surface area contributed by atoms with E-state index >= 15 is 0 Å². The number of halogens is 1. The molecule has 1 rings (SSSR count). The molecular weight excluding hydrogens is 266 g/mol. The van der Waals surface area contributed by atoms with Gasteiger partial charge in [-0.25, -0.2) is 4.39 Å². The fraction of sp³-hybridized carbons (Fsp3) is 0.667. The molecule has 0 saturated carbocycles. The predicted octanol–water partition coefficient (Wildman–Crippen LogP) is 6.09. The maximum Gasteiger partial charge on any atom is 0.123 e. The van der Waals surface area contributed by atoms with Crippen molar-refractivity contribution in [1.29, 1.82) is 0 Å². The van der Waals surface area contributed by atoms with Crippen LogP contribution in [0.3, 0.4) is 0 Å². The first-order valence-corrected chi connectivity index (χ1v) is 9.14. The molecule has 0 atom stereocenters. The third-order valence-electron chi connectivity index (χ3n) is 4.02. The summed E-state index contributed by atoms with van der Waals surface area (Å²) >= 11 is 0. The van der Waals surface area contributed by atoms with Gasteiger partial charge in [-0.3, -0.25) is 0 Å². The Hall–Kier alpha value is -0.420. The molecule has 0 amide bonds. The van der Waals surface area contributed by atoms with Crippen molar-refractivity contribution in [3.63, 3.8) is 0 Å². The van der Waals surface area contributed by atoms with Gasteiger partial charge in [-0.05, 0) is 40.6 Å². The molecule has 0 fully saturated rings. The molecule has 0 heterocycles. The molecule has 0 radical (unpaired) electrons. The quantitative estimate of drug-likeness (QED) is 0.534. The minimum atomic E-state index is -0.333. The third-order valence-corrected chi connectivity index (χ3v) is 7.70. The first-order chi connectivity index (χ1) is 9.24. The average molecular weight is 296 g/mol. The fourth-order valence-corrected chi connectivity index (χ4v) is 7.93. The maximum atomic E-state index is 13.2. The van der Waals surface area contributed by atoms with Gasteiger partial charge < -0.3 is 0 Å². The van der Waals surface area contributed by atoms with Crippen molar-refractivity contribution < 1.29 is 4.39 Å². The highest BCUT2D eigenvalue weighted by atomic mass is 31.1. The highest BCUT2D eigenvalue weighted by Crippen LogP contribution is 2.61. The van der Waals surface area contributed by atoms with Crippen LogP contribution in [0.15, 0.2) is 24.3 Å². The molecule has 0 aromatic heterocycles. The molecule has 114 valence electrons. The zero-order valence-corrected chi connectivity index (χ0v) is 14.9. The Bertz CT molecular complexity index is 388. The van der Waals surface area contributed by atoms with E-state index in [1.165, 1.54) is 31.0 Å². The predicted molar refractivity (Wildman–Crippen MR) is 90.9 cm³/mol. The summed E-state index contributed by atoms with van der Waals surface area (Å²) in [7, 11) is -0.333. The minimum absolute atomic E-state index is 0.134. The van der Waals surface area contributed by atoms with E-state index in [0.717, 1.165) is 0 Å². The van der Waals surface area contributed by atoms with E-state index in [-0.39, 0.29) is 13.7 Å². The lowest BCUT2D eigenvalue weighted by Gasteiger charge is -2.46. The number of hydrogen-bond donors (Lipinski definition) is 0. The third kappa shape index (κ3) is 4.29. The monoisotopic (exact) mass is 296 g/mol. The van der Waals surface area contributed by atoms with Crippen molar-refractivity contribution >= 4 is 13.2 Å². The lowest BCUT2D eigenvalue weighted by atomic mass is 10.1. The van der Waals surface area contributed by atoms with Gasteiger partial charge in [-0.1, -0.05) is 74.4 Å². The Morgan fingerprint density at radius 3 is 1.60 bits per heavy atom. The molecule has 0 unspecified atom stereocenters. The van der Waals surface area contributed by atoms with Crippen LogP contribution < -0.4 is 5.30 Å². The fourth-order valence-electron chi connectivity index (χ4n) is 3.56. The lowest BCUT2D eigenvalue weighted by molar-refractivity contribution is 0.563. The molecule has 0 bridgehead atoms. The molecule has 0 saturated heterocycles. The van der Waals surface area contributed by atoms with Crippen molar-refractivity contribution in [2.45, 2.75) is 77.5 Å². The van der Waals surface area contributed by atoms with Crippen molar-refractivity contribution in [3.05, 3.63) is 30.1 Å². The van der Waals surface area contributed by atoms with Gasteiger partial charge in [-0.2, -0.15) is 0 Å². The van der Waals surface area contributed by atoms with Crippen LogP contribution in [0.1, 0.15) is 67.2 Å². The zero-order chi connectivity index (χ0) is 15.4. The van der Waals surface area contributed by atoms with E-state index < -0.39 is 0 Å². The second kappa shape index (κ2) is 7.03. The molecule has 1 aromatic carbocycles. The van der Waals surface area contributed by atoms with Crippen LogP contribution >= 0.6 is 7.92 Å². The molecule has 0 N–H and O–H groups in total. The van der Waals surface area contributed by atoms with E-state index in [1.807, 2.05) is 12.1 Å². The Kier molecular flexibility index (Phi) is 6.20. The van der Waals surface area contributed by atoms with Gasteiger partial charge in [0.25, 0.3) is 0 Å². The van der Waals surface area contributed by atoms with Crippen LogP contribution in [0.5, 0.6) is 0 Å². The van der Waals surface area contributed by atoms with Crippen LogP contribution in [0, 0.1) is 5.82 Å². The second-order valence-corrected chi connectivity index (χ2v) is 10.5. The van der Waals surface area contributed by atoms with Gasteiger partial charge in [-0.15, -0.1) is 0 Å². The largest absolute Gasteiger partial charge is 0.207 e. The van der Waals surface area contributed by atoms with Crippen molar-refractivity contribution in [2.24, 2.45) is 0 Å². The van der Waals surface area contributed by atoms with E-state index in [9.17, 15) is 4.39 Å². The van der Waals surface area contributed by atoms with E-state index in [2.05, 4.69) is 41.5 Å². The smallest absolute Gasteiger partial charge is 0.123 e. The summed E-state index contributed by atoms with van der Waals surface area (Å²) in [6.07, 6.45) is 4.86. The summed E-state index contributed by atoms with van der Waals surface area (Å²) in [5.74, 6) is -0.134. The SMILES string of the molecule is CCCC(C)(C)P(c1ccc(F)cc1)C(C)(C)CCC. The Morgan fingerprint density at radius 1 is 0.850 bits per heavy atom. The summed E-state index contributed by atoms with van der Waals surface area (Å²) in [6, 6.07) is 7.26. The van der Waals surface area contributed by atoms with Gasteiger partial charge >= 0.3 is 0 Å². The normalized spacial score (nSPS) is 13.0. The number of rotatable bonds is 7. The molecule has 2 heteroatoms. The first kappa shape index (κ1) is 17.6. The molecule has 0 spiro atoms. The van der Waals surface area contributed by atoms with E-state index in [4.69, 9.17) is 0 Å². The van der Waals surface area contributed by atoms with Gasteiger partial charge in [0, 0.05) is 0 Å². The number of hydrogen-bond acceptors (Lipinski definition) is 0. The van der Waals surface area contributed by atoms with Crippen LogP contribution in [-0.4, -0.2) is 10.3 Å². The van der Waals surface area contributed by atoms with Crippen molar-refractivity contribution in [2.75, 3.05) is 0 Å². The molecule has 0 aliphatic heterocycles. The van der Waals surface area contributed by atoms with Crippen LogP contribution in [0.4, 0.5) is 4.39 Å². The minimum Gasteiger partial charge on any atom is -0.207 e. The summed E-state index contributed by atoms with van der Waals surface area (Å²) < 4.78 is 13.2. The molecular formula is C18H30FP. The molecule has 0 aliphatic rings. The molecule has 1 aromatic rings. The van der Waals surface area contributed by atoms with Gasteiger partial charge in [0.15, 0.2) is 0 Å². The Morgan fingerprint density at radius 2 is 1.25 bits per heavy atom. The summed E-state index contributed by atoms with van der Waals surface area (Å²) in [6.45, 7) is 14.1. The van der Waals surface area contributed by atoms with Crippen LogP contribution in [-0.2, 0) is 0 Å². The second-order valence-electron chi connectivity index (χ2n) is 6.94. The average Bonchev–Trinajstić information content (AvgIpc) is 2.31.